The molecule has 1 aliphatic heterocycles. The molecule has 1 aromatic heterocycles. The monoisotopic (exact) mass is 334 g/mol. The van der Waals surface area contributed by atoms with Crippen LogP contribution in [0.3, 0.4) is 0 Å². The largest absolute Gasteiger partial charge is 0.372 e. The number of anilines is 3. The Morgan fingerprint density at radius 2 is 1.80 bits per heavy atom. The number of nitrogens with one attached hydrogen (secondary N) is 2. The average Bonchev–Trinajstić information content (AvgIpc) is 2.63. The Morgan fingerprint density at radius 3 is 2.56 bits per heavy atom. The minimum Gasteiger partial charge on any atom is -0.372 e. The standard InChI is InChI=1S/C20H22N4O/c1-14-10-12-24(13-11-14)16-8-6-15(7-9-16)21-20-22-18-5-3-2-4-17(18)19(25)23-20/h2-9,14H,10-13H2,1H3,(H2,21,22,23,25). The molecule has 0 spiro atoms. The number of aromatic amines is 1. The lowest BCUT2D eigenvalue weighted by Crippen LogP contribution is -2.32. The quantitative estimate of drug-likeness (QED) is 0.762. The van der Waals surface area contributed by atoms with E-state index in [-0.39, 0.29) is 5.56 Å². The van der Waals surface area contributed by atoms with Crippen LogP contribution in [0.15, 0.2) is 53.3 Å². The number of piperidine rings is 1. The fourth-order valence-electron chi connectivity index (χ4n) is 3.30. The van der Waals surface area contributed by atoms with Gasteiger partial charge in [0.1, 0.15) is 0 Å². The first-order valence-electron chi connectivity index (χ1n) is 8.80. The van der Waals surface area contributed by atoms with E-state index in [4.69, 9.17) is 0 Å². The van der Waals surface area contributed by atoms with Gasteiger partial charge in [0.15, 0.2) is 0 Å². The van der Waals surface area contributed by atoms with Crippen LogP contribution in [-0.4, -0.2) is 23.1 Å². The second-order valence-electron chi connectivity index (χ2n) is 6.77. The van der Waals surface area contributed by atoms with Gasteiger partial charge in [-0.3, -0.25) is 9.78 Å². The molecule has 128 valence electrons. The molecule has 2 aromatic carbocycles. The van der Waals surface area contributed by atoms with Gasteiger partial charge in [0.05, 0.1) is 10.9 Å². The molecule has 1 aliphatic rings. The van der Waals surface area contributed by atoms with Gasteiger partial charge in [0.2, 0.25) is 5.95 Å². The Kier molecular flexibility index (Phi) is 4.14. The summed E-state index contributed by atoms with van der Waals surface area (Å²) in [7, 11) is 0. The molecule has 2 N–H and O–H groups in total. The molecule has 0 amide bonds. The van der Waals surface area contributed by atoms with Crippen molar-refractivity contribution in [2.24, 2.45) is 5.92 Å². The van der Waals surface area contributed by atoms with Gasteiger partial charge in [-0.1, -0.05) is 19.1 Å². The molecule has 5 heteroatoms. The SMILES string of the molecule is CC1CCN(c2ccc(Nc3nc4ccccc4c(=O)[nH]3)cc2)CC1. The van der Waals surface area contributed by atoms with E-state index < -0.39 is 0 Å². The summed E-state index contributed by atoms with van der Waals surface area (Å²) in [6.45, 7) is 4.56. The smallest absolute Gasteiger partial charge is 0.260 e. The Morgan fingerprint density at radius 1 is 1.08 bits per heavy atom. The van der Waals surface area contributed by atoms with E-state index in [9.17, 15) is 4.79 Å². The maximum atomic E-state index is 12.1. The van der Waals surface area contributed by atoms with Gasteiger partial charge in [-0.25, -0.2) is 4.98 Å². The molecule has 0 radical (unpaired) electrons. The van der Waals surface area contributed by atoms with Crippen molar-refractivity contribution in [1.82, 2.24) is 9.97 Å². The highest BCUT2D eigenvalue weighted by Gasteiger charge is 2.15. The van der Waals surface area contributed by atoms with Crippen molar-refractivity contribution < 1.29 is 0 Å². The highest BCUT2D eigenvalue weighted by atomic mass is 16.1. The Hall–Kier alpha value is -2.82. The van der Waals surface area contributed by atoms with E-state index in [1.165, 1.54) is 18.5 Å². The van der Waals surface area contributed by atoms with Gasteiger partial charge in [-0.05, 0) is 55.2 Å². The normalized spacial score (nSPS) is 15.5. The molecule has 0 atom stereocenters. The molecule has 5 nitrogen and oxygen atoms in total. The number of aromatic nitrogens is 2. The second-order valence-corrected chi connectivity index (χ2v) is 6.77. The lowest BCUT2D eigenvalue weighted by atomic mass is 9.99. The van der Waals surface area contributed by atoms with Crippen molar-refractivity contribution >= 4 is 28.2 Å². The van der Waals surface area contributed by atoms with E-state index in [1.54, 1.807) is 6.07 Å². The molecule has 4 rings (SSSR count). The van der Waals surface area contributed by atoms with Crippen LogP contribution in [0, 0.1) is 5.92 Å². The van der Waals surface area contributed by atoms with Crippen molar-refractivity contribution in [2.45, 2.75) is 19.8 Å². The molecule has 0 saturated carbocycles. The van der Waals surface area contributed by atoms with Gasteiger partial charge in [0, 0.05) is 24.5 Å². The fraction of sp³-hybridized carbons (Fsp3) is 0.300. The summed E-state index contributed by atoms with van der Waals surface area (Å²) in [5.41, 5.74) is 2.71. The van der Waals surface area contributed by atoms with Crippen LogP contribution in [0.5, 0.6) is 0 Å². The zero-order valence-corrected chi connectivity index (χ0v) is 14.3. The molecule has 0 unspecified atom stereocenters. The molecule has 0 aliphatic carbocycles. The van der Waals surface area contributed by atoms with Gasteiger partial charge in [0.25, 0.3) is 5.56 Å². The maximum absolute atomic E-state index is 12.1. The van der Waals surface area contributed by atoms with Crippen LogP contribution in [0.2, 0.25) is 0 Å². The number of hydrogen-bond acceptors (Lipinski definition) is 4. The zero-order valence-electron chi connectivity index (χ0n) is 14.3. The number of fused-ring (bicyclic) bond motifs is 1. The third-order valence-electron chi connectivity index (χ3n) is 4.89. The summed E-state index contributed by atoms with van der Waals surface area (Å²) in [6, 6.07) is 15.6. The Labute approximate surface area is 146 Å². The van der Waals surface area contributed by atoms with Crippen LogP contribution >= 0.6 is 0 Å². The third-order valence-corrected chi connectivity index (χ3v) is 4.89. The topological polar surface area (TPSA) is 61.0 Å². The van der Waals surface area contributed by atoms with E-state index in [2.05, 4.69) is 39.2 Å². The molecule has 3 aromatic rings. The van der Waals surface area contributed by atoms with Crippen molar-refractivity contribution in [3.63, 3.8) is 0 Å². The van der Waals surface area contributed by atoms with Crippen molar-refractivity contribution in [1.29, 1.82) is 0 Å². The number of H-pyrrole nitrogens is 1. The second kappa shape index (κ2) is 6.59. The van der Waals surface area contributed by atoms with Crippen molar-refractivity contribution in [2.75, 3.05) is 23.3 Å². The molecular formula is C20H22N4O. The number of rotatable bonds is 3. The molecule has 0 bridgehead atoms. The number of benzene rings is 2. The predicted molar refractivity (Wildman–Crippen MR) is 103 cm³/mol. The maximum Gasteiger partial charge on any atom is 0.260 e. The molecule has 2 heterocycles. The lowest BCUT2D eigenvalue weighted by molar-refractivity contribution is 0.438. The Bertz CT molecular complexity index is 924. The first-order valence-corrected chi connectivity index (χ1v) is 8.80. The van der Waals surface area contributed by atoms with Gasteiger partial charge >= 0.3 is 0 Å². The summed E-state index contributed by atoms with van der Waals surface area (Å²) in [5, 5.41) is 3.79. The van der Waals surface area contributed by atoms with Gasteiger partial charge in [-0.2, -0.15) is 0 Å². The minimum atomic E-state index is -0.132. The van der Waals surface area contributed by atoms with Crippen LogP contribution in [0.1, 0.15) is 19.8 Å². The van der Waals surface area contributed by atoms with Crippen LogP contribution in [0.4, 0.5) is 17.3 Å². The van der Waals surface area contributed by atoms with Gasteiger partial charge in [-0.15, -0.1) is 0 Å². The van der Waals surface area contributed by atoms with E-state index in [0.29, 0.717) is 16.9 Å². The van der Waals surface area contributed by atoms with Crippen molar-refractivity contribution in [3.05, 3.63) is 58.9 Å². The summed E-state index contributed by atoms with van der Waals surface area (Å²) >= 11 is 0. The highest BCUT2D eigenvalue weighted by molar-refractivity contribution is 5.78. The fourth-order valence-corrected chi connectivity index (χ4v) is 3.30. The molecule has 1 saturated heterocycles. The van der Waals surface area contributed by atoms with Crippen LogP contribution in [-0.2, 0) is 0 Å². The van der Waals surface area contributed by atoms with Crippen LogP contribution < -0.4 is 15.8 Å². The number of para-hydroxylation sites is 1. The third kappa shape index (κ3) is 3.36. The summed E-state index contributed by atoms with van der Waals surface area (Å²) in [4.78, 5) is 21.8. The average molecular weight is 334 g/mol. The van der Waals surface area contributed by atoms with E-state index in [0.717, 1.165) is 24.7 Å². The summed E-state index contributed by atoms with van der Waals surface area (Å²) in [5.74, 6) is 1.29. The minimum absolute atomic E-state index is 0.132. The lowest BCUT2D eigenvalue weighted by Gasteiger charge is -2.32. The molecular weight excluding hydrogens is 312 g/mol. The summed E-state index contributed by atoms with van der Waals surface area (Å²) < 4.78 is 0. The highest BCUT2D eigenvalue weighted by Crippen LogP contribution is 2.25. The van der Waals surface area contributed by atoms with Crippen LogP contribution in [0.25, 0.3) is 10.9 Å². The first kappa shape index (κ1) is 15.7. The predicted octanol–water partition coefficient (Wildman–Crippen LogP) is 3.90. The molecule has 1 fully saturated rings. The van der Waals surface area contributed by atoms with E-state index in [1.807, 2.05) is 30.3 Å². The first-order chi connectivity index (χ1) is 12.2. The Balaban J connectivity index is 1.52. The summed E-state index contributed by atoms with van der Waals surface area (Å²) in [6.07, 6.45) is 2.50. The van der Waals surface area contributed by atoms with Gasteiger partial charge < -0.3 is 10.2 Å². The number of hydrogen-bond donors (Lipinski definition) is 2. The molecule has 25 heavy (non-hydrogen) atoms. The zero-order chi connectivity index (χ0) is 17.2. The van der Waals surface area contributed by atoms with Crippen molar-refractivity contribution in [3.8, 4) is 0 Å². The van der Waals surface area contributed by atoms with E-state index >= 15 is 0 Å². The number of nitrogens with zero attached hydrogens (tertiary/aromatic N) is 2.